The molecule has 9 heteroatoms. The number of rotatable bonds is 5. The summed E-state index contributed by atoms with van der Waals surface area (Å²) in [5.41, 5.74) is 0.245. The largest absolute Gasteiger partial charge is 0.472 e. The van der Waals surface area contributed by atoms with Gasteiger partial charge < -0.3 is 14.7 Å². The molecule has 3 aromatic heterocycles. The summed E-state index contributed by atoms with van der Waals surface area (Å²) in [5, 5.41) is 20.6. The molecule has 0 radical (unpaired) electrons. The molecule has 8 nitrogen and oxygen atoms in total. The van der Waals surface area contributed by atoms with E-state index < -0.39 is 5.60 Å². The van der Waals surface area contributed by atoms with Gasteiger partial charge >= 0.3 is 0 Å². The first-order valence-corrected chi connectivity index (χ1v) is 10.8. The lowest BCUT2D eigenvalue weighted by molar-refractivity contribution is 0.0329. The van der Waals surface area contributed by atoms with Crippen molar-refractivity contribution in [1.82, 2.24) is 24.9 Å². The van der Waals surface area contributed by atoms with E-state index in [1.165, 1.54) is 16.1 Å². The highest BCUT2D eigenvalue weighted by molar-refractivity contribution is 7.12. The minimum absolute atomic E-state index is 0.0539. The zero-order chi connectivity index (χ0) is 21.3. The number of aromatic nitrogens is 4. The summed E-state index contributed by atoms with van der Waals surface area (Å²) < 4.78 is 6.17. The fraction of sp³-hybridized carbons (Fsp3) is 0.429. The molecule has 0 saturated carbocycles. The van der Waals surface area contributed by atoms with Crippen LogP contribution in [-0.4, -0.2) is 54.6 Å². The van der Waals surface area contributed by atoms with Gasteiger partial charge in [-0.1, -0.05) is 0 Å². The SMILES string of the molecule is C[C@@H]1CC[C@@H](Oc2ncccc2C(C)(C)O)CN1C(=O)c1sccc1-n1nccn1. The second-order valence-corrected chi connectivity index (χ2v) is 8.91. The molecule has 2 atom stereocenters. The van der Waals surface area contributed by atoms with E-state index in [4.69, 9.17) is 4.74 Å². The van der Waals surface area contributed by atoms with Crippen molar-refractivity contribution < 1.29 is 14.6 Å². The molecule has 0 spiro atoms. The summed E-state index contributed by atoms with van der Waals surface area (Å²) in [7, 11) is 0. The van der Waals surface area contributed by atoms with Crippen LogP contribution in [0.25, 0.3) is 5.69 Å². The van der Waals surface area contributed by atoms with Crippen LogP contribution in [0, 0.1) is 0 Å². The first kappa shape index (κ1) is 20.5. The first-order valence-electron chi connectivity index (χ1n) is 9.94. The van der Waals surface area contributed by atoms with Crippen molar-refractivity contribution >= 4 is 17.2 Å². The van der Waals surface area contributed by atoms with Crippen LogP contribution < -0.4 is 4.74 Å². The number of amides is 1. The van der Waals surface area contributed by atoms with E-state index in [0.717, 1.165) is 12.8 Å². The zero-order valence-corrected chi connectivity index (χ0v) is 18.0. The van der Waals surface area contributed by atoms with E-state index in [0.29, 0.717) is 28.6 Å². The first-order chi connectivity index (χ1) is 14.3. The summed E-state index contributed by atoms with van der Waals surface area (Å²) in [5.74, 6) is 0.358. The predicted molar refractivity (Wildman–Crippen MR) is 113 cm³/mol. The van der Waals surface area contributed by atoms with Gasteiger partial charge in [-0.05, 0) is 57.2 Å². The van der Waals surface area contributed by atoms with Crippen LogP contribution in [0.4, 0.5) is 0 Å². The Kier molecular flexibility index (Phi) is 5.57. The van der Waals surface area contributed by atoms with E-state index in [9.17, 15) is 9.90 Å². The maximum absolute atomic E-state index is 13.4. The molecule has 158 valence electrons. The van der Waals surface area contributed by atoms with Crippen LogP contribution in [0.15, 0.2) is 42.2 Å². The molecule has 0 aliphatic carbocycles. The lowest BCUT2D eigenvalue weighted by Gasteiger charge is -2.38. The molecule has 3 aromatic rings. The summed E-state index contributed by atoms with van der Waals surface area (Å²) >= 11 is 1.38. The fourth-order valence-corrected chi connectivity index (χ4v) is 4.47. The van der Waals surface area contributed by atoms with Gasteiger partial charge in [0.1, 0.15) is 16.7 Å². The molecule has 1 amide bonds. The summed E-state index contributed by atoms with van der Waals surface area (Å²) in [6.45, 7) is 5.91. The number of carbonyl (C=O) groups excluding carboxylic acids is 1. The van der Waals surface area contributed by atoms with E-state index in [1.54, 1.807) is 38.5 Å². The Morgan fingerprint density at radius 2 is 2.00 bits per heavy atom. The summed E-state index contributed by atoms with van der Waals surface area (Å²) in [6, 6.07) is 5.53. The van der Waals surface area contributed by atoms with Gasteiger partial charge in [-0.2, -0.15) is 10.2 Å². The second kappa shape index (κ2) is 8.16. The van der Waals surface area contributed by atoms with Crippen molar-refractivity contribution in [2.75, 3.05) is 6.54 Å². The quantitative estimate of drug-likeness (QED) is 0.673. The second-order valence-electron chi connectivity index (χ2n) is 7.99. The number of piperidine rings is 1. The highest BCUT2D eigenvalue weighted by Crippen LogP contribution is 2.31. The van der Waals surface area contributed by atoms with Crippen molar-refractivity contribution in [3.63, 3.8) is 0 Å². The van der Waals surface area contributed by atoms with Crippen molar-refractivity contribution in [3.8, 4) is 11.6 Å². The Morgan fingerprint density at radius 3 is 2.73 bits per heavy atom. The lowest BCUT2D eigenvalue weighted by atomic mass is 9.99. The van der Waals surface area contributed by atoms with Gasteiger partial charge in [0.2, 0.25) is 5.88 Å². The Morgan fingerprint density at radius 1 is 1.23 bits per heavy atom. The number of hydrogen-bond acceptors (Lipinski definition) is 7. The van der Waals surface area contributed by atoms with Gasteiger partial charge in [-0.3, -0.25) is 4.79 Å². The minimum Gasteiger partial charge on any atom is -0.472 e. The molecule has 1 aliphatic heterocycles. The topological polar surface area (TPSA) is 93.4 Å². The van der Waals surface area contributed by atoms with E-state index in [1.807, 2.05) is 22.4 Å². The maximum atomic E-state index is 13.4. The molecular weight excluding hydrogens is 402 g/mol. The fourth-order valence-electron chi connectivity index (χ4n) is 3.65. The normalized spacial score (nSPS) is 19.7. The van der Waals surface area contributed by atoms with Crippen LogP contribution in [0.2, 0.25) is 0 Å². The van der Waals surface area contributed by atoms with Gasteiger partial charge in [-0.15, -0.1) is 16.1 Å². The van der Waals surface area contributed by atoms with Crippen molar-refractivity contribution in [2.24, 2.45) is 0 Å². The molecule has 0 bridgehead atoms. The number of pyridine rings is 1. The molecule has 1 fully saturated rings. The number of thiophene rings is 1. The van der Waals surface area contributed by atoms with Crippen molar-refractivity contribution in [3.05, 3.63) is 52.6 Å². The molecule has 4 heterocycles. The van der Waals surface area contributed by atoms with Gasteiger partial charge in [0, 0.05) is 17.8 Å². The van der Waals surface area contributed by atoms with Crippen molar-refractivity contribution in [1.29, 1.82) is 0 Å². The van der Waals surface area contributed by atoms with Crippen LogP contribution in [0.5, 0.6) is 5.88 Å². The number of hydrogen-bond donors (Lipinski definition) is 1. The van der Waals surface area contributed by atoms with E-state index in [2.05, 4.69) is 22.1 Å². The third-order valence-electron chi connectivity index (χ3n) is 5.28. The average molecular weight is 428 g/mol. The molecule has 1 saturated heterocycles. The predicted octanol–water partition coefficient (Wildman–Crippen LogP) is 3.02. The average Bonchev–Trinajstić information content (AvgIpc) is 3.40. The van der Waals surface area contributed by atoms with Crippen LogP contribution in [0.1, 0.15) is 48.8 Å². The van der Waals surface area contributed by atoms with Crippen molar-refractivity contribution in [2.45, 2.75) is 51.4 Å². The summed E-state index contributed by atoms with van der Waals surface area (Å²) in [4.78, 5) is 21.6. The van der Waals surface area contributed by atoms with Gasteiger partial charge in [0.25, 0.3) is 5.91 Å². The molecule has 0 aromatic carbocycles. The Hall–Kier alpha value is -2.78. The van der Waals surface area contributed by atoms with Gasteiger partial charge in [0.15, 0.2) is 0 Å². The Balaban J connectivity index is 1.54. The molecule has 4 rings (SSSR count). The van der Waals surface area contributed by atoms with Gasteiger partial charge in [0.05, 0.1) is 24.5 Å². The smallest absolute Gasteiger partial charge is 0.266 e. The number of aliphatic hydroxyl groups is 1. The maximum Gasteiger partial charge on any atom is 0.266 e. The molecular formula is C21H25N5O3S. The summed E-state index contributed by atoms with van der Waals surface area (Å²) in [6.07, 6.45) is 6.26. The van der Waals surface area contributed by atoms with Crippen LogP contribution in [0.3, 0.4) is 0 Å². The standard InChI is InChI=1S/C21H25N5O3S/c1-14-6-7-15(29-19-16(21(2,3)28)5-4-9-22-19)13-25(14)20(27)18-17(8-12-30-18)26-23-10-11-24-26/h4-5,8-12,14-15,28H,6-7,13H2,1-3H3/t14-,15-/m1/s1. The zero-order valence-electron chi connectivity index (χ0n) is 17.2. The molecule has 1 N–H and O–H groups in total. The third-order valence-corrected chi connectivity index (χ3v) is 6.17. The molecule has 0 unspecified atom stereocenters. The minimum atomic E-state index is -1.07. The number of likely N-dealkylation sites (tertiary alicyclic amines) is 1. The monoisotopic (exact) mass is 427 g/mol. The molecule has 1 aliphatic rings. The van der Waals surface area contributed by atoms with E-state index in [-0.39, 0.29) is 18.1 Å². The Bertz CT molecular complexity index is 1010. The number of carbonyl (C=O) groups is 1. The highest BCUT2D eigenvalue weighted by atomic mass is 32.1. The number of ether oxygens (including phenoxy) is 1. The van der Waals surface area contributed by atoms with Crippen LogP contribution in [-0.2, 0) is 5.60 Å². The lowest BCUT2D eigenvalue weighted by Crippen LogP contribution is -2.49. The molecule has 30 heavy (non-hydrogen) atoms. The highest BCUT2D eigenvalue weighted by Gasteiger charge is 2.34. The van der Waals surface area contributed by atoms with Crippen LogP contribution >= 0.6 is 11.3 Å². The third kappa shape index (κ3) is 4.08. The van der Waals surface area contributed by atoms with E-state index >= 15 is 0 Å². The Labute approximate surface area is 179 Å². The number of nitrogens with zero attached hydrogens (tertiary/aromatic N) is 5. The van der Waals surface area contributed by atoms with Gasteiger partial charge in [-0.25, -0.2) is 4.98 Å².